The highest BCUT2D eigenvalue weighted by Gasteiger charge is 2.24. The van der Waals surface area contributed by atoms with Crippen LogP contribution in [0.3, 0.4) is 0 Å². The summed E-state index contributed by atoms with van der Waals surface area (Å²) in [5.41, 5.74) is 2.38. The average molecular weight is 499 g/mol. The molecule has 10 nitrogen and oxygen atoms in total. The number of anilines is 1. The zero-order valence-electron chi connectivity index (χ0n) is 22.1. The second-order valence-corrected chi connectivity index (χ2v) is 9.78. The molecule has 196 valence electrons. The predicted molar refractivity (Wildman–Crippen MR) is 139 cm³/mol. The zero-order chi connectivity index (χ0) is 26.2. The van der Waals surface area contributed by atoms with Crippen LogP contribution in [-0.4, -0.2) is 57.8 Å². The number of carbonyl (C=O) groups is 2. The normalized spacial score (nSPS) is 12.3. The zero-order valence-corrected chi connectivity index (χ0v) is 22.1. The molecule has 36 heavy (non-hydrogen) atoms. The second kappa shape index (κ2) is 12.5. The minimum Gasteiger partial charge on any atom is -0.497 e. The third-order valence-corrected chi connectivity index (χ3v) is 5.92. The third kappa shape index (κ3) is 6.83. The number of fused-ring (bicyclic) bond motifs is 3. The molecule has 0 aliphatic carbocycles. The molecule has 0 radical (unpaired) electrons. The summed E-state index contributed by atoms with van der Waals surface area (Å²) in [6.07, 6.45) is 2.35. The summed E-state index contributed by atoms with van der Waals surface area (Å²) < 4.78 is 12.5. The van der Waals surface area contributed by atoms with E-state index in [-0.39, 0.29) is 17.6 Å². The molecule has 0 saturated carbocycles. The lowest BCUT2D eigenvalue weighted by Gasteiger charge is -2.21. The SMILES string of the molecule is COc1ccc2c(c1)nc(NCCCCCC(=O)[C@@H](NC(=O)OCC(C)C)C(C)C)c1nnc(C)n12. The molecule has 2 aromatic heterocycles. The number of amides is 1. The van der Waals surface area contributed by atoms with E-state index in [9.17, 15) is 9.59 Å². The monoisotopic (exact) mass is 498 g/mol. The Hall–Kier alpha value is -3.43. The van der Waals surface area contributed by atoms with E-state index in [2.05, 4.69) is 20.8 Å². The van der Waals surface area contributed by atoms with Crippen molar-refractivity contribution in [3.05, 3.63) is 24.0 Å². The first kappa shape index (κ1) is 27.2. The molecule has 0 bridgehead atoms. The van der Waals surface area contributed by atoms with Crippen LogP contribution < -0.4 is 15.4 Å². The van der Waals surface area contributed by atoms with E-state index < -0.39 is 12.1 Å². The molecule has 2 N–H and O–H groups in total. The van der Waals surface area contributed by atoms with Crippen LogP contribution in [0.5, 0.6) is 5.75 Å². The van der Waals surface area contributed by atoms with Crippen LogP contribution >= 0.6 is 0 Å². The summed E-state index contributed by atoms with van der Waals surface area (Å²) in [5.74, 6) is 2.46. The number of ether oxygens (including phenoxy) is 2. The number of unbranched alkanes of at least 4 members (excludes halogenated alkanes) is 2. The molecule has 0 spiro atoms. The Balaban J connectivity index is 1.51. The van der Waals surface area contributed by atoms with Crippen molar-refractivity contribution in [2.45, 2.75) is 66.3 Å². The molecule has 1 aromatic carbocycles. The molecule has 10 heteroatoms. The van der Waals surface area contributed by atoms with Crippen molar-refractivity contribution < 1.29 is 19.1 Å². The lowest BCUT2D eigenvalue weighted by molar-refractivity contribution is -0.122. The number of nitrogens with one attached hydrogen (secondary N) is 2. The maximum Gasteiger partial charge on any atom is 0.407 e. The molecule has 3 rings (SSSR count). The maximum absolute atomic E-state index is 12.7. The number of methoxy groups -OCH3 is 1. The number of benzene rings is 1. The topological polar surface area (TPSA) is 120 Å². The Labute approximate surface area is 212 Å². The van der Waals surface area contributed by atoms with E-state index in [0.717, 1.165) is 41.9 Å². The van der Waals surface area contributed by atoms with Gasteiger partial charge in [-0.2, -0.15) is 0 Å². The number of aromatic nitrogens is 4. The molecule has 0 aliphatic heterocycles. The molecule has 0 unspecified atom stereocenters. The van der Waals surface area contributed by atoms with Crippen LogP contribution in [-0.2, 0) is 9.53 Å². The van der Waals surface area contributed by atoms with Crippen LogP contribution in [0.2, 0.25) is 0 Å². The summed E-state index contributed by atoms with van der Waals surface area (Å²) in [6, 6.07) is 5.20. The number of nitrogens with zero attached hydrogens (tertiary/aromatic N) is 4. The van der Waals surface area contributed by atoms with Crippen molar-refractivity contribution in [3.8, 4) is 5.75 Å². The van der Waals surface area contributed by atoms with Gasteiger partial charge in [0.15, 0.2) is 11.6 Å². The molecule has 3 aromatic rings. The smallest absolute Gasteiger partial charge is 0.407 e. The van der Waals surface area contributed by atoms with Crippen LogP contribution in [0.25, 0.3) is 16.7 Å². The largest absolute Gasteiger partial charge is 0.497 e. The number of alkyl carbamates (subject to hydrolysis) is 1. The summed E-state index contributed by atoms with van der Waals surface area (Å²) in [7, 11) is 1.63. The molecule has 0 fully saturated rings. The van der Waals surface area contributed by atoms with Crippen molar-refractivity contribution in [1.82, 2.24) is 24.9 Å². The average Bonchev–Trinajstić information content (AvgIpc) is 3.24. The fourth-order valence-corrected chi connectivity index (χ4v) is 4.00. The predicted octanol–water partition coefficient (Wildman–Crippen LogP) is 4.54. The lowest BCUT2D eigenvalue weighted by atomic mass is 9.96. The lowest BCUT2D eigenvalue weighted by Crippen LogP contribution is -2.44. The van der Waals surface area contributed by atoms with E-state index in [0.29, 0.717) is 31.0 Å². The van der Waals surface area contributed by atoms with Gasteiger partial charge in [-0.25, -0.2) is 9.78 Å². The number of ketones is 1. The van der Waals surface area contributed by atoms with Crippen LogP contribution in [0.15, 0.2) is 18.2 Å². The summed E-state index contributed by atoms with van der Waals surface area (Å²) in [6.45, 7) is 10.7. The van der Waals surface area contributed by atoms with Gasteiger partial charge in [0.05, 0.1) is 30.8 Å². The number of Topliss-reactive ketones (excluding diaryl/α,β-unsaturated/α-hetero) is 1. The first-order chi connectivity index (χ1) is 17.2. The first-order valence-corrected chi connectivity index (χ1v) is 12.6. The van der Waals surface area contributed by atoms with Gasteiger partial charge in [0.25, 0.3) is 0 Å². The number of hydrogen-bond acceptors (Lipinski definition) is 8. The summed E-state index contributed by atoms with van der Waals surface area (Å²) in [4.78, 5) is 29.5. The van der Waals surface area contributed by atoms with Gasteiger partial charge in [-0.3, -0.25) is 9.20 Å². The highest BCUT2D eigenvalue weighted by Crippen LogP contribution is 2.25. The van der Waals surface area contributed by atoms with Crippen LogP contribution in [0.1, 0.15) is 59.2 Å². The van der Waals surface area contributed by atoms with Crippen molar-refractivity contribution in [2.24, 2.45) is 11.8 Å². The van der Waals surface area contributed by atoms with Gasteiger partial charge in [0.1, 0.15) is 11.6 Å². The molecular formula is C26H38N6O4. The molecule has 1 atom stereocenters. The molecule has 0 saturated heterocycles. The van der Waals surface area contributed by atoms with Gasteiger partial charge in [-0.05, 0) is 43.7 Å². The van der Waals surface area contributed by atoms with E-state index in [1.165, 1.54) is 0 Å². The Kier molecular flexibility index (Phi) is 9.44. The minimum atomic E-state index is -0.536. The van der Waals surface area contributed by atoms with E-state index in [1.807, 2.05) is 57.2 Å². The van der Waals surface area contributed by atoms with E-state index in [4.69, 9.17) is 14.5 Å². The maximum atomic E-state index is 12.7. The summed E-state index contributed by atoms with van der Waals surface area (Å²) in [5, 5.41) is 14.6. The van der Waals surface area contributed by atoms with Crippen molar-refractivity contribution in [2.75, 3.05) is 25.6 Å². The highest BCUT2D eigenvalue weighted by atomic mass is 16.5. The Morgan fingerprint density at radius 3 is 2.56 bits per heavy atom. The fraction of sp³-hybridized carbons (Fsp3) is 0.577. The van der Waals surface area contributed by atoms with Gasteiger partial charge < -0.3 is 20.1 Å². The van der Waals surface area contributed by atoms with Gasteiger partial charge >= 0.3 is 6.09 Å². The molecule has 1 amide bonds. The van der Waals surface area contributed by atoms with Crippen molar-refractivity contribution in [3.63, 3.8) is 0 Å². The number of carbonyl (C=O) groups excluding carboxylic acids is 2. The van der Waals surface area contributed by atoms with Crippen molar-refractivity contribution >= 4 is 34.4 Å². The fourth-order valence-electron chi connectivity index (χ4n) is 4.00. The standard InChI is InChI=1S/C26H38N6O4/c1-16(2)15-36-26(34)29-23(17(3)4)22(33)10-8-7-9-13-27-24-25-31-30-18(5)32(25)21-12-11-19(35-6)14-20(21)28-24/h11-12,14,16-17,23H,7-10,13,15H2,1-6H3,(H,27,28)(H,29,34)/t23-/m0/s1. The molecule has 0 aliphatic rings. The Morgan fingerprint density at radius 2 is 1.86 bits per heavy atom. The third-order valence-electron chi connectivity index (χ3n) is 5.92. The van der Waals surface area contributed by atoms with Gasteiger partial charge in [0.2, 0.25) is 5.65 Å². The highest BCUT2D eigenvalue weighted by molar-refractivity contribution is 5.87. The summed E-state index contributed by atoms with van der Waals surface area (Å²) >= 11 is 0. The van der Waals surface area contributed by atoms with E-state index >= 15 is 0 Å². The van der Waals surface area contributed by atoms with E-state index in [1.54, 1.807) is 7.11 Å². The number of rotatable bonds is 13. The van der Waals surface area contributed by atoms with Crippen molar-refractivity contribution in [1.29, 1.82) is 0 Å². The quantitative estimate of drug-likeness (QED) is 0.330. The minimum absolute atomic E-state index is 0.00242. The number of hydrogen-bond donors (Lipinski definition) is 2. The van der Waals surface area contributed by atoms with Gasteiger partial charge in [-0.1, -0.05) is 34.1 Å². The van der Waals surface area contributed by atoms with Gasteiger partial charge in [-0.15, -0.1) is 10.2 Å². The Morgan fingerprint density at radius 1 is 1.08 bits per heavy atom. The van der Waals surface area contributed by atoms with Crippen LogP contribution in [0, 0.1) is 18.8 Å². The van der Waals surface area contributed by atoms with Gasteiger partial charge in [0, 0.05) is 19.0 Å². The molecular weight excluding hydrogens is 460 g/mol. The Bertz CT molecular complexity index is 1190. The van der Waals surface area contributed by atoms with Crippen LogP contribution in [0.4, 0.5) is 10.6 Å². The molecule has 2 heterocycles. The second-order valence-electron chi connectivity index (χ2n) is 9.78. The number of aryl methyl sites for hydroxylation is 1. The first-order valence-electron chi connectivity index (χ1n) is 12.6.